The highest BCUT2D eigenvalue weighted by molar-refractivity contribution is 7.87. The summed E-state index contributed by atoms with van der Waals surface area (Å²) in [5, 5.41) is 49.4. The predicted octanol–water partition coefficient (Wildman–Crippen LogP) is 4.65. The van der Waals surface area contributed by atoms with E-state index in [9.17, 15) is 75.1 Å². The van der Waals surface area contributed by atoms with Gasteiger partial charge in [0.15, 0.2) is 11.4 Å². The van der Waals surface area contributed by atoms with E-state index in [-0.39, 0.29) is 73.0 Å². The second-order valence-corrected chi connectivity index (χ2v) is 23.5. The van der Waals surface area contributed by atoms with Crippen molar-refractivity contribution in [3.63, 3.8) is 0 Å². The number of rotatable bonds is 16. The number of phenols is 1. The largest absolute Gasteiger partial charge is 0.505 e. The third-order valence-corrected chi connectivity index (χ3v) is 14.7. The Balaban J connectivity index is 0.00000115. The van der Waals surface area contributed by atoms with Gasteiger partial charge in [-0.1, -0.05) is 23.5 Å². The Morgan fingerprint density at radius 2 is 1.15 bits per heavy atom. The van der Waals surface area contributed by atoms with Crippen LogP contribution in [0.2, 0.25) is 0 Å². The lowest BCUT2D eigenvalue weighted by Crippen LogP contribution is -2.08. The maximum atomic E-state index is 12.8. The second-order valence-electron chi connectivity index (χ2n) is 14.6. The van der Waals surface area contributed by atoms with E-state index in [0.717, 1.165) is 41.8 Å². The molecule has 0 saturated carbocycles. The third-order valence-electron chi connectivity index (χ3n) is 9.27. The van der Waals surface area contributed by atoms with E-state index in [2.05, 4.69) is 40.8 Å². The standard InChI is InChI=1S/C36H29N9O18S6.CO2.2O3S/c1-18-12-28(30(63-10-3-11-65(48,49)50)16-27(18)41-44-36-38-25-4-2-5-31(33(25)64-36)68(57,58)59)42-39-24-8-7-23-22(32(24)46)6-9-26(34(23)69(60,61)62)40-43-29-17-37-45(35(29)47)19-13-20(66(51,52)53)15-21(14-19)67(54,55)56;2-1-3;2*1-4(2)3/h2,4-9,12-17,46-47H,3,10-11H2,1H3,(H,48,49,50)(H,51,52,53)(H,54,55,56)(H,57,58,59)(H,60,61,62);;;. The van der Waals surface area contributed by atoms with Crippen molar-refractivity contribution in [2.45, 2.75) is 32.9 Å². The van der Waals surface area contributed by atoms with E-state index >= 15 is 0 Å². The van der Waals surface area contributed by atoms with E-state index in [0.29, 0.717) is 28.4 Å². The van der Waals surface area contributed by atoms with Crippen LogP contribution in [0.5, 0.6) is 17.4 Å². The number of phenolic OH excluding ortho intramolecular Hbond substituents is 1. The normalized spacial score (nSPS) is 12.1. The number of ether oxygens (including phenoxy) is 1. The third kappa shape index (κ3) is 17.9. The van der Waals surface area contributed by atoms with Gasteiger partial charge in [0.05, 0.1) is 49.9 Å². The molecule has 0 bridgehead atoms. The van der Waals surface area contributed by atoms with Gasteiger partial charge < -0.3 is 14.9 Å². The van der Waals surface area contributed by atoms with Crippen LogP contribution in [0.4, 0.5) is 33.6 Å². The number of hydrogen-bond donors (Lipinski definition) is 7. The first-order chi connectivity index (χ1) is 37.0. The molecule has 0 radical (unpaired) electrons. The van der Waals surface area contributed by atoms with Gasteiger partial charge >= 0.3 is 27.4 Å². The van der Waals surface area contributed by atoms with Gasteiger partial charge in [-0.25, -0.2) is 4.98 Å². The van der Waals surface area contributed by atoms with Crippen LogP contribution in [-0.4, -0.2) is 134 Å². The minimum Gasteiger partial charge on any atom is -0.505 e. The van der Waals surface area contributed by atoms with E-state index in [1.807, 2.05) is 0 Å². The zero-order valence-electron chi connectivity index (χ0n) is 38.8. The molecule has 0 atom stereocenters. The van der Waals surface area contributed by atoms with Crippen molar-refractivity contribution < 1.29 is 115 Å². The number of nitrogens with zero attached hydrogens (tertiary/aromatic N) is 9. The smallest absolute Gasteiger partial charge is 0.425 e. The Bertz CT molecular complexity index is 4460. The summed E-state index contributed by atoms with van der Waals surface area (Å²) in [7, 11) is -30.5. The number of aromatic hydroxyl groups is 2. The molecule has 0 unspecified atom stereocenters. The van der Waals surface area contributed by atoms with Crippen LogP contribution in [0.25, 0.3) is 26.7 Å². The van der Waals surface area contributed by atoms with Gasteiger partial charge in [0.1, 0.15) is 32.6 Å². The van der Waals surface area contributed by atoms with Gasteiger partial charge in [-0.2, -0.15) is 61.5 Å². The number of aryl methyl sites for hydroxylation is 1. The number of aromatic nitrogens is 3. The lowest BCUT2D eigenvalue weighted by Gasteiger charge is -2.11. The fourth-order valence-electron chi connectivity index (χ4n) is 6.20. The fraction of sp³-hybridized carbons (Fsp3) is 0.108. The Kier molecular flexibility index (Phi) is 21.1. The molecule has 0 aliphatic rings. The Morgan fingerprint density at radius 1 is 0.625 bits per heavy atom. The van der Waals surface area contributed by atoms with Gasteiger partial charge in [-0.05, 0) is 73.5 Å². The molecule has 0 spiro atoms. The number of carbonyl (C=O) groups excluding carboxylic acids is 2. The van der Waals surface area contributed by atoms with Crippen molar-refractivity contribution in [2.24, 2.45) is 30.7 Å². The summed E-state index contributed by atoms with van der Waals surface area (Å²) >= 11 is 0.827. The van der Waals surface area contributed by atoms with E-state index in [1.165, 1.54) is 30.3 Å². The summed E-state index contributed by atoms with van der Waals surface area (Å²) in [5.41, 5.74) is -1.08. The fourth-order valence-corrected chi connectivity index (χ4v) is 10.5. The molecule has 80 heavy (non-hydrogen) atoms. The molecule has 0 fully saturated rings. The highest BCUT2D eigenvalue weighted by Crippen LogP contribution is 2.44. The molecule has 7 N–H and O–H groups in total. The maximum Gasteiger partial charge on any atom is 0.425 e. The maximum absolute atomic E-state index is 12.8. The van der Waals surface area contributed by atoms with Crippen LogP contribution in [0.1, 0.15) is 12.0 Å². The van der Waals surface area contributed by atoms with Gasteiger partial charge in [0.2, 0.25) is 11.0 Å². The molecule has 2 aromatic heterocycles. The van der Waals surface area contributed by atoms with Gasteiger partial charge in [-0.15, -0.1) is 55.9 Å². The van der Waals surface area contributed by atoms with Crippen LogP contribution in [0.3, 0.4) is 0 Å². The van der Waals surface area contributed by atoms with Crippen molar-refractivity contribution in [3.05, 3.63) is 84.6 Å². The van der Waals surface area contributed by atoms with Crippen molar-refractivity contribution in [2.75, 3.05) is 12.4 Å². The minimum atomic E-state index is -5.19. The summed E-state index contributed by atoms with van der Waals surface area (Å²) in [6.45, 7) is 1.31. The summed E-state index contributed by atoms with van der Waals surface area (Å²) < 4.78 is 224. The van der Waals surface area contributed by atoms with E-state index < -0.39 is 121 Å². The summed E-state index contributed by atoms with van der Waals surface area (Å²) in [6, 6.07) is 13.1. The van der Waals surface area contributed by atoms with Crippen molar-refractivity contribution in [3.8, 4) is 23.1 Å². The lowest BCUT2D eigenvalue weighted by molar-refractivity contribution is -0.191. The molecule has 0 aliphatic carbocycles. The highest BCUT2D eigenvalue weighted by Gasteiger charge is 2.25. The quantitative estimate of drug-likeness (QED) is 0.0393. The molecule has 35 nitrogen and oxygen atoms in total. The number of benzene rings is 5. The first-order valence-corrected chi connectivity index (χ1v) is 30.2. The van der Waals surface area contributed by atoms with Gasteiger partial charge in [-0.3, -0.25) is 22.8 Å². The van der Waals surface area contributed by atoms with Gasteiger partial charge in [0.25, 0.3) is 50.6 Å². The molecule has 0 saturated heterocycles. The van der Waals surface area contributed by atoms with Crippen molar-refractivity contribution in [1.29, 1.82) is 0 Å². The van der Waals surface area contributed by atoms with Gasteiger partial charge in [0, 0.05) is 16.8 Å². The second kappa shape index (κ2) is 26.2. The number of fused-ring (bicyclic) bond motifs is 2. The first-order valence-electron chi connectivity index (χ1n) is 20.0. The Labute approximate surface area is 454 Å². The van der Waals surface area contributed by atoms with Crippen LogP contribution in [-0.2, 0) is 81.4 Å². The molecule has 2 heterocycles. The van der Waals surface area contributed by atoms with Crippen LogP contribution >= 0.6 is 11.3 Å². The average molecular weight is 1270 g/mol. The zero-order valence-corrected chi connectivity index (χ0v) is 45.3. The molecule has 43 heteroatoms. The Hall–Kier alpha value is -8.17. The molecule has 426 valence electrons. The molecular weight excluding hydrogens is 1240 g/mol. The summed E-state index contributed by atoms with van der Waals surface area (Å²) in [4.78, 5) is 17.2. The van der Waals surface area contributed by atoms with E-state index in [1.54, 1.807) is 6.92 Å². The summed E-state index contributed by atoms with van der Waals surface area (Å²) in [5.74, 6) is -2.30. The van der Waals surface area contributed by atoms with E-state index in [4.69, 9.17) is 39.6 Å². The number of azo groups is 3. The number of thiazole rings is 1. The highest BCUT2D eigenvalue weighted by atomic mass is 32.2. The predicted molar refractivity (Wildman–Crippen MR) is 264 cm³/mol. The number of hydrogen-bond acceptors (Lipinski definition) is 30. The zero-order chi connectivity index (χ0) is 60.3. The molecule has 7 aromatic rings. The van der Waals surface area contributed by atoms with Crippen LogP contribution in [0.15, 0.2) is 129 Å². The average Bonchev–Trinajstić information content (AvgIpc) is 3.92. The first kappa shape index (κ1) is 64.4. The SMILES string of the molecule is Cc1cc(N=Nc2ccc3c(S(=O)(=O)O)c(N=Nc4cnn(-c5cc(S(=O)(=O)O)cc(S(=O)(=O)O)c5)c4O)ccc3c2O)c(OCCCS(=O)(=O)O)cc1N=Nc1nc2cccc(S(=O)(=O)O)c2s1.O=C=O.O=S(=O)=O.O=S(=O)=O. The molecule has 0 amide bonds. The van der Waals surface area contributed by atoms with Crippen molar-refractivity contribution in [1.82, 2.24) is 14.8 Å². The molecule has 0 aliphatic heterocycles. The molecule has 7 rings (SSSR count). The lowest BCUT2D eigenvalue weighted by atomic mass is 10.1. The van der Waals surface area contributed by atoms with Crippen LogP contribution < -0.4 is 4.74 Å². The minimum absolute atomic E-state index is 0.0106. The monoisotopic (exact) mass is 1270 g/mol. The molecular formula is C37H29N9O26S8. The topological polar surface area (TPSA) is 563 Å². The molecule has 5 aromatic carbocycles. The Morgan fingerprint density at radius 3 is 1.70 bits per heavy atom. The summed E-state index contributed by atoms with van der Waals surface area (Å²) in [6.07, 6.45) is 0.902. The van der Waals surface area contributed by atoms with Crippen LogP contribution in [0, 0.1) is 6.92 Å². The van der Waals surface area contributed by atoms with Crippen molar-refractivity contribution >= 4 is 144 Å².